The van der Waals surface area contributed by atoms with Gasteiger partial charge in [0.25, 0.3) is 0 Å². The highest BCUT2D eigenvalue weighted by Crippen LogP contribution is 2.34. The van der Waals surface area contributed by atoms with Crippen molar-refractivity contribution in [3.8, 4) is 0 Å². The second-order valence-corrected chi connectivity index (χ2v) is 5.52. The lowest BCUT2D eigenvalue weighted by Gasteiger charge is -2.35. The van der Waals surface area contributed by atoms with E-state index in [4.69, 9.17) is 4.74 Å². The number of carbonyl (C=O) groups excluding carboxylic acids is 2. The van der Waals surface area contributed by atoms with Crippen LogP contribution in [0.2, 0.25) is 0 Å². The Morgan fingerprint density at radius 3 is 2.57 bits per heavy atom. The molecule has 0 N–H and O–H groups in total. The lowest BCUT2D eigenvalue weighted by Crippen LogP contribution is -2.44. The molecule has 118 valence electrons. The minimum atomic E-state index is -0.409. The number of carbonyl (C=O) groups is 2. The number of hydrogen-bond donors (Lipinski definition) is 0. The van der Waals surface area contributed by atoms with Crippen LogP contribution in [0.4, 0.5) is 11.4 Å². The van der Waals surface area contributed by atoms with Crippen molar-refractivity contribution in [2.45, 2.75) is 6.54 Å². The van der Waals surface area contributed by atoms with Crippen LogP contribution in [0.3, 0.4) is 0 Å². The third-order valence-electron chi connectivity index (χ3n) is 3.96. The van der Waals surface area contributed by atoms with Crippen LogP contribution in [0.25, 0.3) is 0 Å². The maximum atomic E-state index is 12.5. The van der Waals surface area contributed by atoms with Gasteiger partial charge in [0.2, 0.25) is 5.91 Å². The number of rotatable bonds is 3. The lowest BCUT2D eigenvalue weighted by molar-refractivity contribution is -0.117. The van der Waals surface area contributed by atoms with Crippen LogP contribution >= 0.6 is 0 Å². The van der Waals surface area contributed by atoms with Crippen LogP contribution in [-0.4, -0.2) is 32.6 Å². The van der Waals surface area contributed by atoms with Crippen LogP contribution < -0.4 is 9.80 Å². The Morgan fingerprint density at radius 2 is 1.87 bits per heavy atom. The molecule has 5 nitrogen and oxygen atoms in total. The number of amides is 1. The van der Waals surface area contributed by atoms with E-state index in [1.807, 2.05) is 48.3 Å². The zero-order valence-corrected chi connectivity index (χ0v) is 13.2. The van der Waals surface area contributed by atoms with E-state index in [-0.39, 0.29) is 5.91 Å². The number of benzene rings is 2. The fourth-order valence-electron chi connectivity index (χ4n) is 2.75. The Morgan fingerprint density at radius 1 is 1.13 bits per heavy atom. The largest absolute Gasteiger partial charge is 0.465 e. The van der Waals surface area contributed by atoms with Crippen LogP contribution in [0, 0.1) is 0 Å². The summed E-state index contributed by atoms with van der Waals surface area (Å²) in [6.07, 6.45) is 0. The number of anilines is 2. The minimum absolute atomic E-state index is 0.00543. The Labute approximate surface area is 135 Å². The summed E-state index contributed by atoms with van der Waals surface area (Å²) in [5, 5.41) is 0. The zero-order chi connectivity index (χ0) is 16.4. The highest BCUT2D eigenvalue weighted by molar-refractivity contribution is 6.04. The average molecular weight is 310 g/mol. The van der Waals surface area contributed by atoms with Gasteiger partial charge in [-0.3, -0.25) is 4.79 Å². The average Bonchev–Trinajstić information content (AvgIpc) is 2.58. The van der Waals surface area contributed by atoms with Crippen molar-refractivity contribution in [2.24, 2.45) is 0 Å². The van der Waals surface area contributed by atoms with Gasteiger partial charge >= 0.3 is 5.97 Å². The van der Waals surface area contributed by atoms with E-state index in [0.717, 1.165) is 16.9 Å². The van der Waals surface area contributed by atoms with E-state index in [0.29, 0.717) is 18.7 Å². The molecule has 3 rings (SSSR count). The van der Waals surface area contributed by atoms with Gasteiger partial charge in [-0.15, -0.1) is 0 Å². The van der Waals surface area contributed by atoms with Crippen LogP contribution in [0.15, 0.2) is 48.5 Å². The van der Waals surface area contributed by atoms with E-state index in [1.165, 1.54) is 7.11 Å². The number of esters is 1. The van der Waals surface area contributed by atoms with Crippen LogP contribution in [0.1, 0.15) is 15.9 Å². The topological polar surface area (TPSA) is 49.9 Å². The Kier molecular flexibility index (Phi) is 4.02. The van der Waals surface area contributed by atoms with Gasteiger partial charge < -0.3 is 14.5 Å². The SMILES string of the molecule is COC(=O)c1ccc2c(c1)N(Cc1ccccc1)C(=O)CN2C. The molecule has 2 aromatic rings. The molecule has 0 fully saturated rings. The maximum absolute atomic E-state index is 12.5. The van der Waals surface area contributed by atoms with Crippen molar-refractivity contribution < 1.29 is 14.3 Å². The summed E-state index contributed by atoms with van der Waals surface area (Å²) in [6.45, 7) is 0.794. The molecule has 0 saturated carbocycles. The van der Waals surface area contributed by atoms with Gasteiger partial charge in [-0.05, 0) is 23.8 Å². The molecule has 1 heterocycles. The van der Waals surface area contributed by atoms with E-state index < -0.39 is 5.97 Å². The van der Waals surface area contributed by atoms with Gasteiger partial charge in [-0.25, -0.2) is 4.79 Å². The first kappa shape index (κ1) is 15.1. The summed E-state index contributed by atoms with van der Waals surface area (Å²) in [5.74, 6) is -0.404. The molecule has 0 aromatic heterocycles. The van der Waals surface area contributed by atoms with Crippen molar-refractivity contribution in [3.63, 3.8) is 0 Å². The summed E-state index contributed by atoms with van der Waals surface area (Å²) < 4.78 is 4.78. The molecule has 1 aliphatic heterocycles. The highest BCUT2D eigenvalue weighted by Gasteiger charge is 2.28. The van der Waals surface area contributed by atoms with E-state index in [9.17, 15) is 9.59 Å². The molecule has 0 bridgehead atoms. The van der Waals surface area contributed by atoms with Gasteiger partial charge in [-0.1, -0.05) is 30.3 Å². The predicted octanol–water partition coefficient (Wildman–Crippen LogP) is 2.46. The van der Waals surface area contributed by atoms with Crippen molar-refractivity contribution in [3.05, 3.63) is 59.7 Å². The monoisotopic (exact) mass is 310 g/mol. The first-order valence-corrected chi connectivity index (χ1v) is 7.38. The molecule has 1 aliphatic rings. The second-order valence-electron chi connectivity index (χ2n) is 5.52. The molecule has 0 radical (unpaired) electrons. The highest BCUT2D eigenvalue weighted by atomic mass is 16.5. The molecule has 0 aliphatic carbocycles. The number of fused-ring (bicyclic) bond motifs is 1. The number of hydrogen-bond acceptors (Lipinski definition) is 4. The zero-order valence-electron chi connectivity index (χ0n) is 13.2. The number of methoxy groups -OCH3 is 1. The Balaban J connectivity index is 2.02. The maximum Gasteiger partial charge on any atom is 0.337 e. The smallest absolute Gasteiger partial charge is 0.337 e. The predicted molar refractivity (Wildman–Crippen MR) is 88.7 cm³/mol. The third kappa shape index (κ3) is 2.90. The molecule has 0 atom stereocenters. The summed E-state index contributed by atoms with van der Waals surface area (Å²) >= 11 is 0. The molecule has 0 unspecified atom stereocenters. The van der Waals surface area contributed by atoms with E-state index >= 15 is 0 Å². The molecule has 1 amide bonds. The van der Waals surface area contributed by atoms with Gasteiger partial charge in [0.15, 0.2) is 0 Å². The fraction of sp³-hybridized carbons (Fsp3) is 0.222. The number of likely N-dealkylation sites (N-methyl/N-ethyl adjacent to an activating group) is 1. The minimum Gasteiger partial charge on any atom is -0.465 e. The van der Waals surface area contributed by atoms with Gasteiger partial charge in [-0.2, -0.15) is 0 Å². The van der Waals surface area contributed by atoms with E-state index in [1.54, 1.807) is 17.0 Å². The molecular formula is C18H18N2O3. The molecule has 0 spiro atoms. The molecular weight excluding hydrogens is 292 g/mol. The Hall–Kier alpha value is -2.82. The molecule has 23 heavy (non-hydrogen) atoms. The summed E-state index contributed by atoms with van der Waals surface area (Å²) in [5.41, 5.74) is 3.14. The summed E-state index contributed by atoms with van der Waals surface area (Å²) in [6, 6.07) is 15.1. The first-order chi connectivity index (χ1) is 11.1. The second kappa shape index (κ2) is 6.12. The van der Waals surface area contributed by atoms with Gasteiger partial charge in [0.05, 0.1) is 37.1 Å². The van der Waals surface area contributed by atoms with Crippen molar-refractivity contribution in [1.29, 1.82) is 0 Å². The summed E-state index contributed by atoms with van der Waals surface area (Å²) in [4.78, 5) is 27.9. The van der Waals surface area contributed by atoms with Crippen LogP contribution in [0.5, 0.6) is 0 Å². The van der Waals surface area contributed by atoms with Crippen molar-refractivity contribution in [1.82, 2.24) is 0 Å². The van der Waals surface area contributed by atoms with Crippen molar-refractivity contribution >= 4 is 23.3 Å². The molecule has 0 saturated heterocycles. The van der Waals surface area contributed by atoms with Crippen molar-refractivity contribution in [2.75, 3.05) is 30.5 Å². The lowest BCUT2D eigenvalue weighted by atomic mass is 10.1. The van der Waals surface area contributed by atoms with Gasteiger partial charge in [0.1, 0.15) is 0 Å². The number of nitrogens with zero attached hydrogens (tertiary/aromatic N) is 2. The first-order valence-electron chi connectivity index (χ1n) is 7.38. The van der Waals surface area contributed by atoms with Crippen LogP contribution in [-0.2, 0) is 16.1 Å². The third-order valence-corrected chi connectivity index (χ3v) is 3.96. The summed E-state index contributed by atoms with van der Waals surface area (Å²) in [7, 11) is 3.22. The van der Waals surface area contributed by atoms with Gasteiger partial charge in [0, 0.05) is 7.05 Å². The Bertz CT molecular complexity index is 743. The quantitative estimate of drug-likeness (QED) is 0.817. The van der Waals surface area contributed by atoms with E-state index in [2.05, 4.69) is 0 Å². The molecule has 5 heteroatoms. The standard InChI is InChI=1S/C18H18N2O3/c1-19-12-17(21)20(11-13-6-4-3-5-7-13)16-10-14(18(22)23-2)8-9-15(16)19/h3-10H,11-12H2,1-2H3. The fourth-order valence-corrected chi connectivity index (χ4v) is 2.75. The normalized spacial score (nSPS) is 13.7. The number of ether oxygens (including phenoxy) is 1. The molecule has 2 aromatic carbocycles.